The number of furan rings is 1. The van der Waals surface area contributed by atoms with E-state index in [0.717, 1.165) is 25.0 Å². The quantitative estimate of drug-likeness (QED) is 0.205. The van der Waals surface area contributed by atoms with Crippen molar-refractivity contribution in [2.24, 2.45) is 0 Å². The Bertz CT molecular complexity index is 1430. The Balaban J connectivity index is 1.26. The van der Waals surface area contributed by atoms with Crippen molar-refractivity contribution in [3.8, 4) is 17.2 Å². The molecule has 3 aromatic carbocycles. The van der Waals surface area contributed by atoms with Crippen molar-refractivity contribution in [2.75, 3.05) is 5.32 Å². The molecule has 1 amide bonds. The molecule has 0 saturated carbocycles. The van der Waals surface area contributed by atoms with Crippen molar-refractivity contribution < 1.29 is 23.6 Å². The van der Waals surface area contributed by atoms with Crippen LogP contribution in [0, 0.1) is 10.1 Å². The monoisotopic (exact) mass is 504 g/mol. The number of nitro groups is 1. The van der Waals surface area contributed by atoms with E-state index >= 15 is 0 Å². The number of aryl methyl sites for hydroxylation is 2. The molecule has 5 rings (SSSR count). The van der Waals surface area contributed by atoms with Gasteiger partial charge in [0.15, 0.2) is 5.76 Å². The number of benzene rings is 3. The number of nitrogens with zero attached hydrogens (tertiary/aromatic N) is 1. The topological polar surface area (TPSA) is 104 Å². The Labute approximate surface area is 211 Å². The molecule has 8 nitrogen and oxygen atoms in total. The van der Waals surface area contributed by atoms with Gasteiger partial charge in [-0.25, -0.2) is 0 Å². The number of amides is 1. The summed E-state index contributed by atoms with van der Waals surface area (Å²) in [4.78, 5) is 23.6. The highest BCUT2D eigenvalue weighted by Gasteiger charge is 2.17. The van der Waals surface area contributed by atoms with Gasteiger partial charge in [0.05, 0.1) is 16.7 Å². The molecule has 36 heavy (non-hydrogen) atoms. The molecular formula is C27H21ClN2O6. The Morgan fingerprint density at radius 2 is 1.72 bits per heavy atom. The number of rotatable bonds is 8. The highest BCUT2D eigenvalue weighted by molar-refractivity contribution is 6.30. The standard InChI is InChI=1S/C27H21ClN2O6/c28-19-5-8-22(9-6-19)35-25-14-20(13-21(15-25)30(32)33)29-27(31)26-11-10-24(36-26)16-34-23-7-4-17-2-1-3-18(17)12-23/h4-15H,1-3,16H2,(H,29,31). The second kappa shape index (κ2) is 10.1. The second-order valence-electron chi connectivity index (χ2n) is 8.32. The largest absolute Gasteiger partial charge is 0.486 e. The first-order valence-electron chi connectivity index (χ1n) is 11.3. The van der Waals surface area contributed by atoms with Crippen LogP contribution in [-0.4, -0.2) is 10.8 Å². The number of halogens is 1. The Hall–Kier alpha value is -4.30. The molecule has 0 atom stereocenters. The predicted molar refractivity (Wildman–Crippen MR) is 134 cm³/mol. The molecule has 1 aliphatic carbocycles. The van der Waals surface area contributed by atoms with Crippen LogP contribution >= 0.6 is 11.6 Å². The van der Waals surface area contributed by atoms with Crippen LogP contribution in [0.3, 0.4) is 0 Å². The lowest BCUT2D eigenvalue weighted by molar-refractivity contribution is -0.384. The molecule has 1 aromatic heterocycles. The molecule has 4 aromatic rings. The van der Waals surface area contributed by atoms with Crippen LogP contribution in [0.5, 0.6) is 17.2 Å². The van der Waals surface area contributed by atoms with Gasteiger partial charge in [-0.3, -0.25) is 14.9 Å². The molecule has 0 bridgehead atoms. The summed E-state index contributed by atoms with van der Waals surface area (Å²) in [5, 5.41) is 14.6. The maximum atomic E-state index is 12.7. The van der Waals surface area contributed by atoms with Crippen LogP contribution in [0.25, 0.3) is 0 Å². The van der Waals surface area contributed by atoms with Gasteiger partial charge in [-0.05, 0) is 78.9 Å². The van der Waals surface area contributed by atoms with E-state index in [4.69, 9.17) is 25.5 Å². The summed E-state index contributed by atoms with van der Waals surface area (Å²) >= 11 is 5.89. The van der Waals surface area contributed by atoms with Gasteiger partial charge in [0, 0.05) is 17.2 Å². The average molecular weight is 505 g/mol. The lowest BCUT2D eigenvalue weighted by atomic mass is 10.1. The number of carbonyl (C=O) groups is 1. The van der Waals surface area contributed by atoms with E-state index in [-0.39, 0.29) is 29.5 Å². The molecule has 9 heteroatoms. The zero-order valence-corrected chi connectivity index (χ0v) is 19.8. The number of hydrogen-bond acceptors (Lipinski definition) is 6. The van der Waals surface area contributed by atoms with Crippen LogP contribution in [0.15, 0.2) is 77.2 Å². The molecule has 0 fully saturated rings. The normalized spacial score (nSPS) is 12.1. The Morgan fingerprint density at radius 1 is 0.944 bits per heavy atom. The first kappa shape index (κ1) is 23.4. The van der Waals surface area contributed by atoms with Crippen molar-refractivity contribution in [1.82, 2.24) is 0 Å². The van der Waals surface area contributed by atoms with Crippen LogP contribution in [0.2, 0.25) is 5.02 Å². The molecule has 0 spiro atoms. The SMILES string of the molecule is O=C(Nc1cc(Oc2ccc(Cl)cc2)cc([N+](=O)[O-])c1)c1ccc(COc2ccc3c(c2)CCC3)o1. The minimum atomic E-state index is -0.564. The smallest absolute Gasteiger partial charge is 0.291 e. The summed E-state index contributed by atoms with van der Waals surface area (Å²) < 4.78 is 17.2. The van der Waals surface area contributed by atoms with E-state index in [1.807, 2.05) is 12.1 Å². The average Bonchev–Trinajstić information content (AvgIpc) is 3.53. The van der Waals surface area contributed by atoms with Gasteiger partial charge in [-0.15, -0.1) is 0 Å². The fraction of sp³-hybridized carbons (Fsp3) is 0.148. The highest BCUT2D eigenvalue weighted by atomic mass is 35.5. The van der Waals surface area contributed by atoms with Crippen molar-refractivity contribution in [1.29, 1.82) is 0 Å². The molecule has 1 aliphatic rings. The first-order valence-corrected chi connectivity index (χ1v) is 11.7. The van der Waals surface area contributed by atoms with Crippen LogP contribution in [-0.2, 0) is 19.4 Å². The minimum Gasteiger partial charge on any atom is -0.486 e. The summed E-state index contributed by atoms with van der Waals surface area (Å²) in [5.74, 6) is 1.35. The number of ether oxygens (including phenoxy) is 2. The maximum absolute atomic E-state index is 12.7. The predicted octanol–water partition coefficient (Wildman–Crippen LogP) is 6.95. The molecule has 0 unspecified atom stereocenters. The number of nitrogens with one attached hydrogen (secondary N) is 1. The third-order valence-electron chi connectivity index (χ3n) is 5.75. The van der Waals surface area contributed by atoms with E-state index in [9.17, 15) is 14.9 Å². The Morgan fingerprint density at radius 3 is 2.53 bits per heavy atom. The van der Waals surface area contributed by atoms with Crippen molar-refractivity contribution in [3.05, 3.63) is 111 Å². The first-order chi connectivity index (χ1) is 17.4. The molecule has 1 heterocycles. The molecule has 0 aliphatic heterocycles. The van der Waals surface area contributed by atoms with Gasteiger partial charge in [-0.2, -0.15) is 0 Å². The zero-order valence-electron chi connectivity index (χ0n) is 19.0. The second-order valence-corrected chi connectivity index (χ2v) is 8.76. The van der Waals surface area contributed by atoms with Crippen LogP contribution in [0.4, 0.5) is 11.4 Å². The number of nitro benzene ring substituents is 1. The fourth-order valence-electron chi connectivity index (χ4n) is 4.02. The van der Waals surface area contributed by atoms with Gasteiger partial charge in [0.1, 0.15) is 29.6 Å². The molecule has 0 saturated heterocycles. The zero-order chi connectivity index (χ0) is 25.1. The van der Waals surface area contributed by atoms with E-state index in [0.29, 0.717) is 16.5 Å². The van der Waals surface area contributed by atoms with E-state index in [2.05, 4.69) is 11.4 Å². The third-order valence-corrected chi connectivity index (χ3v) is 6.00. The number of anilines is 1. The highest BCUT2D eigenvalue weighted by Crippen LogP contribution is 2.31. The van der Waals surface area contributed by atoms with Crippen molar-refractivity contribution >= 4 is 28.9 Å². The molecule has 1 N–H and O–H groups in total. The van der Waals surface area contributed by atoms with Crippen molar-refractivity contribution in [3.63, 3.8) is 0 Å². The maximum Gasteiger partial charge on any atom is 0.291 e. The summed E-state index contributed by atoms with van der Waals surface area (Å²) in [7, 11) is 0. The summed E-state index contributed by atoms with van der Waals surface area (Å²) in [6.07, 6.45) is 3.32. The van der Waals surface area contributed by atoms with Crippen LogP contribution < -0.4 is 14.8 Å². The lowest BCUT2D eigenvalue weighted by Crippen LogP contribution is -2.11. The number of carbonyl (C=O) groups excluding carboxylic acids is 1. The van der Waals surface area contributed by atoms with E-state index < -0.39 is 10.8 Å². The van der Waals surface area contributed by atoms with Gasteiger partial charge >= 0.3 is 0 Å². The van der Waals surface area contributed by atoms with Gasteiger partial charge in [0.25, 0.3) is 11.6 Å². The van der Waals surface area contributed by atoms with Crippen molar-refractivity contribution in [2.45, 2.75) is 25.9 Å². The molecule has 182 valence electrons. The summed E-state index contributed by atoms with van der Waals surface area (Å²) in [5.41, 5.74) is 2.62. The number of fused-ring (bicyclic) bond motifs is 1. The molecular weight excluding hydrogens is 484 g/mol. The van der Waals surface area contributed by atoms with E-state index in [1.165, 1.54) is 35.4 Å². The van der Waals surface area contributed by atoms with Crippen LogP contribution in [0.1, 0.15) is 33.9 Å². The van der Waals surface area contributed by atoms with E-state index in [1.54, 1.807) is 30.3 Å². The van der Waals surface area contributed by atoms with Gasteiger partial charge < -0.3 is 19.2 Å². The third kappa shape index (κ3) is 5.50. The number of hydrogen-bond donors (Lipinski definition) is 1. The lowest BCUT2D eigenvalue weighted by Gasteiger charge is -2.09. The number of non-ortho nitro benzene ring substituents is 1. The minimum absolute atomic E-state index is 0.0502. The van der Waals surface area contributed by atoms with Gasteiger partial charge in [0.2, 0.25) is 0 Å². The summed E-state index contributed by atoms with van der Waals surface area (Å²) in [6, 6.07) is 19.8. The summed E-state index contributed by atoms with van der Waals surface area (Å²) in [6.45, 7) is 0.169. The Kier molecular flexibility index (Phi) is 6.60. The van der Waals surface area contributed by atoms with Gasteiger partial charge in [-0.1, -0.05) is 17.7 Å². The fourth-order valence-corrected chi connectivity index (χ4v) is 4.15. The molecule has 0 radical (unpaired) electrons.